The Kier molecular flexibility index (Phi) is 5.98. The van der Waals surface area contributed by atoms with E-state index in [1.807, 2.05) is 37.3 Å². The molecule has 0 unspecified atom stereocenters. The van der Waals surface area contributed by atoms with Crippen molar-refractivity contribution in [3.8, 4) is 0 Å². The average Bonchev–Trinajstić information content (AvgIpc) is 2.91. The highest BCUT2D eigenvalue weighted by molar-refractivity contribution is 7.13. The number of carbonyl (C=O) groups excluding carboxylic acids is 2. The van der Waals surface area contributed by atoms with E-state index < -0.39 is 0 Å². The number of benzene rings is 1. The lowest BCUT2D eigenvalue weighted by atomic mass is 10.1. The normalized spacial score (nSPS) is 10.3. The van der Waals surface area contributed by atoms with E-state index in [9.17, 15) is 9.59 Å². The second-order valence-corrected chi connectivity index (χ2v) is 6.55. The molecule has 0 aliphatic heterocycles. The predicted octanol–water partition coefficient (Wildman–Crippen LogP) is 2.80. The van der Waals surface area contributed by atoms with Crippen molar-refractivity contribution in [1.82, 2.24) is 10.6 Å². The van der Waals surface area contributed by atoms with Gasteiger partial charge in [0.05, 0.1) is 11.4 Å². The van der Waals surface area contributed by atoms with Crippen LogP contribution < -0.4 is 10.6 Å². The molecule has 2 N–H and O–H groups in total. The quantitative estimate of drug-likeness (QED) is 0.852. The molecule has 0 saturated carbocycles. The maximum atomic E-state index is 11.8. The van der Waals surface area contributed by atoms with Gasteiger partial charge in [-0.25, -0.2) is 0 Å². The summed E-state index contributed by atoms with van der Waals surface area (Å²) in [4.78, 5) is 25.2. The molecule has 0 saturated heterocycles. The second kappa shape index (κ2) is 7.96. The molecule has 0 fully saturated rings. The molecule has 2 aromatic rings. The average molecular weight is 337 g/mol. The van der Waals surface area contributed by atoms with Crippen LogP contribution in [0.2, 0.25) is 5.02 Å². The predicted molar refractivity (Wildman–Crippen MR) is 89.6 cm³/mol. The summed E-state index contributed by atoms with van der Waals surface area (Å²) in [5, 5.41) is 6.06. The van der Waals surface area contributed by atoms with Crippen LogP contribution in [0.5, 0.6) is 0 Å². The highest BCUT2D eigenvalue weighted by Gasteiger charge is 2.09. The lowest BCUT2D eigenvalue weighted by Gasteiger charge is -2.06. The number of carbonyl (C=O) groups is 2. The first-order valence-corrected chi connectivity index (χ1v) is 8.10. The van der Waals surface area contributed by atoms with Crippen LogP contribution in [0.4, 0.5) is 0 Å². The van der Waals surface area contributed by atoms with Gasteiger partial charge < -0.3 is 10.6 Å². The summed E-state index contributed by atoms with van der Waals surface area (Å²) in [7, 11) is 0. The first kappa shape index (κ1) is 16.5. The molecule has 0 radical (unpaired) electrons. The Morgan fingerprint density at radius 3 is 2.68 bits per heavy atom. The Labute approximate surface area is 138 Å². The third kappa shape index (κ3) is 5.16. The minimum Gasteiger partial charge on any atom is -0.354 e. The van der Waals surface area contributed by atoms with Gasteiger partial charge in [-0.3, -0.25) is 9.59 Å². The Morgan fingerprint density at radius 1 is 1.18 bits per heavy atom. The minimum atomic E-state index is -0.219. The van der Waals surface area contributed by atoms with Crippen molar-refractivity contribution in [3.63, 3.8) is 0 Å². The first-order chi connectivity index (χ1) is 10.5. The second-order valence-electron chi connectivity index (χ2n) is 4.82. The van der Waals surface area contributed by atoms with Crippen LogP contribution in [-0.2, 0) is 11.2 Å². The maximum absolute atomic E-state index is 11.8. The van der Waals surface area contributed by atoms with Gasteiger partial charge in [-0.15, -0.1) is 11.3 Å². The molecule has 1 heterocycles. The summed E-state index contributed by atoms with van der Waals surface area (Å²) in [6, 6.07) is 11.2. The minimum absolute atomic E-state index is 0.0225. The molecule has 6 heteroatoms. The summed E-state index contributed by atoms with van der Waals surface area (Å²) in [6.45, 7) is 2.42. The van der Waals surface area contributed by atoms with Crippen molar-refractivity contribution in [2.24, 2.45) is 0 Å². The highest BCUT2D eigenvalue weighted by Crippen LogP contribution is 2.14. The van der Waals surface area contributed by atoms with E-state index in [-0.39, 0.29) is 18.4 Å². The maximum Gasteiger partial charge on any atom is 0.261 e. The van der Waals surface area contributed by atoms with Crippen LogP contribution in [-0.4, -0.2) is 24.9 Å². The number of thiophene rings is 1. The Bertz CT molecular complexity index is 670. The molecule has 4 nitrogen and oxygen atoms in total. The SMILES string of the molecule is Cc1ccc(C(=O)NCC(=O)NCCc2cccc(Cl)c2)s1. The Morgan fingerprint density at radius 2 is 2.00 bits per heavy atom. The van der Waals surface area contributed by atoms with E-state index in [4.69, 9.17) is 11.6 Å². The van der Waals surface area contributed by atoms with Crippen molar-refractivity contribution >= 4 is 34.8 Å². The molecular weight excluding hydrogens is 320 g/mol. The molecule has 1 aromatic heterocycles. The van der Waals surface area contributed by atoms with Crippen molar-refractivity contribution in [2.75, 3.05) is 13.1 Å². The third-order valence-corrected chi connectivity index (χ3v) is 4.23. The van der Waals surface area contributed by atoms with Crippen molar-refractivity contribution in [2.45, 2.75) is 13.3 Å². The zero-order valence-electron chi connectivity index (χ0n) is 12.2. The number of rotatable bonds is 6. The van der Waals surface area contributed by atoms with Crippen LogP contribution in [0.15, 0.2) is 36.4 Å². The number of nitrogens with one attached hydrogen (secondary N) is 2. The largest absolute Gasteiger partial charge is 0.354 e. The van der Waals surface area contributed by atoms with E-state index in [2.05, 4.69) is 10.6 Å². The summed E-state index contributed by atoms with van der Waals surface area (Å²) in [5.41, 5.74) is 1.06. The number of halogens is 1. The molecular formula is C16H17ClN2O2S. The molecule has 2 rings (SSSR count). The Hall–Kier alpha value is -1.85. The van der Waals surface area contributed by atoms with Gasteiger partial charge in [-0.1, -0.05) is 23.7 Å². The topological polar surface area (TPSA) is 58.2 Å². The molecule has 0 spiro atoms. The van der Waals surface area contributed by atoms with Gasteiger partial charge >= 0.3 is 0 Å². The van der Waals surface area contributed by atoms with Crippen LogP contribution in [0.3, 0.4) is 0 Å². The van der Waals surface area contributed by atoms with Crippen molar-refractivity contribution in [1.29, 1.82) is 0 Å². The number of aryl methyl sites for hydroxylation is 1. The van der Waals surface area contributed by atoms with Gasteiger partial charge in [0.15, 0.2) is 0 Å². The van der Waals surface area contributed by atoms with Crippen LogP contribution in [0, 0.1) is 6.92 Å². The van der Waals surface area contributed by atoms with E-state index in [1.54, 1.807) is 6.07 Å². The molecule has 0 aliphatic rings. The smallest absolute Gasteiger partial charge is 0.261 e. The first-order valence-electron chi connectivity index (χ1n) is 6.90. The van der Waals surface area contributed by atoms with E-state index in [0.717, 1.165) is 10.4 Å². The zero-order chi connectivity index (χ0) is 15.9. The zero-order valence-corrected chi connectivity index (χ0v) is 13.8. The van der Waals surface area contributed by atoms with Gasteiger partial charge in [0.1, 0.15) is 0 Å². The van der Waals surface area contributed by atoms with E-state index >= 15 is 0 Å². The fraction of sp³-hybridized carbons (Fsp3) is 0.250. The number of amides is 2. The molecule has 116 valence electrons. The van der Waals surface area contributed by atoms with Gasteiger partial charge in [-0.05, 0) is 43.2 Å². The summed E-state index contributed by atoms with van der Waals surface area (Å²) in [6.07, 6.45) is 0.699. The molecule has 22 heavy (non-hydrogen) atoms. The lowest BCUT2D eigenvalue weighted by Crippen LogP contribution is -2.37. The van der Waals surface area contributed by atoms with Crippen LogP contribution in [0.1, 0.15) is 20.1 Å². The monoisotopic (exact) mass is 336 g/mol. The summed E-state index contributed by atoms with van der Waals surface area (Å²) < 4.78 is 0. The van der Waals surface area contributed by atoms with Gasteiger partial charge in [0, 0.05) is 16.4 Å². The van der Waals surface area contributed by atoms with Crippen LogP contribution in [0.25, 0.3) is 0 Å². The highest BCUT2D eigenvalue weighted by atomic mass is 35.5. The molecule has 0 aliphatic carbocycles. The lowest BCUT2D eigenvalue weighted by molar-refractivity contribution is -0.120. The molecule has 1 aromatic carbocycles. The van der Waals surface area contributed by atoms with Crippen LogP contribution >= 0.6 is 22.9 Å². The summed E-state index contributed by atoms with van der Waals surface area (Å²) >= 11 is 7.30. The van der Waals surface area contributed by atoms with Gasteiger partial charge in [0.2, 0.25) is 5.91 Å². The summed E-state index contributed by atoms with van der Waals surface area (Å²) in [5.74, 6) is -0.424. The fourth-order valence-electron chi connectivity index (χ4n) is 1.91. The standard InChI is InChI=1S/C16H17ClN2O2S/c1-11-5-6-14(22-11)16(21)19-10-15(20)18-8-7-12-3-2-4-13(17)9-12/h2-6,9H,7-8,10H2,1H3,(H,18,20)(H,19,21). The van der Waals surface area contributed by atoms with Gasteiger partial charge in [0.25, 0.3) is 5.91 Å². The van der Waals surface area contributed by atoms with Gasteiger partial charge in [-0.2, -0.15) is 0 Å². The molecule has 2 amide bonds. The van der Waals surface area contributed by atoms with E-state index in [0.29, 0.717) is 22.9 Å². The number of hydrogen-bond acceptors (Lipinski definition) is 3. The number of hydrogen-bond donors (Lipinski definition) is 2. The van der Waals surface area contributed by atoms with Crippen molar-refractivity contribution < 1.29 is 9.59 Å². The Balaban J connectivity index is 1.69. The van der Waals surface area contributed by atoms with E-state index in [1.165, 1.54) is 11.3 Å². The fourth-order valence-corrected chi connectivity index (χ4v) is 2.90. The molecule has 0 bridgehead atoms. The van der Waals surface area contributed by atoms with Crippen molar-refractivity contribution in [3.05, 3.63) is 56.7 Å². The molecule has 0 atom stereocenters. The third-order valence-electron chi connectivity index (χ3n) is 3.00.